The maximum atomic E-state index is 4.40. The van der Waals surface area contributed by atoms with E-state index in [0.717, 1.165) is 16.4 Å². The molecule has 4 nitrogen and oxygen atoms in total. The maximum Gasteiger partial charge on any atom is 0.203 e. The summed E-state index contributed by atoms with van der Waals surface area (Å²) < 4.78 is 2.11. The van der Waals surface area contributed by atoms with E-state index in [2.05, 4.69) is 45.3 Å². The first-order valence-electron chi connectivity index (χ1n) is 6.42. The van der Waals surface area contributed by atoms with Gasteiger partial charge < -0.3 is 4.57 Å². The maximum absolute atomic E-state index is 4.40. The number of hydrogen-bond donors (Lipinski definition) is 1. The van der Waals surface area contributed by atoms with Crippen molar-refractivity contribution in [2.45, 2.75) is 13.8 Å². The van der Waals surface area contributed by atoms with Crippen molar-refractivity contribution in [3.05, 3.63) is 46.6 Å². The van der Waals surface area contributed by atoms with Crippen LogP contribution in [0, 0.1) is 13.8 Å². The van der Waals surface area contributed by atoms with Gasteiger partial charge in [0.15, 0.2) is 0 Å². The third-order valence-corrected chi connectivity index (χ3v) is 4.30. The molecule has 1 aromatic carbocycles. The van der Waals surface area contributed by atoms with Gasteiger partial charge in [-0.1, -0.05) is 18.2 Å². The number of hydrogen-bond acceptors (Lipinski definition) is 4. The Kier molecular flexibility index (Phi) is 3.28. The number of benzene rings is 1. The number of nitrogens with one attached hydrogen (secondary N) is 1. The first-order chi connectivity index (χ1) is 9.65. The van der Waals surface area contributed by atoms with E-state index in [1.807, 2.05) is 32.3 Å². The van der Waals surface area contributed by atoms with Crippen molar-refractivity contribution in [1.29, 1.82) is 0 Å². The summed E-state index contributed by atoms with van der Waals surface area (Å²) in [5.74, 6) is 0. The van der Waals surface area contributed by atoms with E-state index in [1.165, 1.54) is 15.8 Å². The predicted molar refractivity (Wildman–Crippen MR) is 85.7 cm³/mol. The van der Waals surface area contributed by atoms with Crippen molar-refractivity contribution in [2.24, 2.45) is 12.1 Å². The second-order valence-electron chi connectivity index (χ2n) is 4.74. The van der Waals surface area contributed by atoms with Crippen LogP contribution in [-0.4, -0.2) is 15.8 Å². The molecule has 102 valence electrons. The zero-order valence-corrected chi connectivity index (χ0v) is 12.5. The van der Waals surface area contributed by atoms with E-state index < -0.39 is 0 Å². The Labute approximate surface area is 121 Å². The lowest BCUT2D eigenvalue weighted by atomic mass is 10.2. The fourth-order valence-electron chi connectivity index (χ4n) is 2.15. The number of aromatic nitrogens is 2. The number of rotatable bonds is 3. The van der Waals surface area contributed by atoms with Crippen LogP contribution in [0.15, 0.2) is 35.6 Å². The molecule has 0 fully saturated rings. The lowest BCUT2D eigenvalue weighted by Gasteiger charge is -1.93. The molecule has 0 radical (unpaired) electrons. The van der Waals surface area contributed by atoms with Crippen LogP contribution in [0.5, 0.6) is 0 Å². The quantitative estimate of drug-likeness (QED) is 0.588. The molecule has 1 N–H and O–H groups in total. The van der Waals surface area contributed by atoms with Gasteiger partial charge in [-0.15, -0.1) is 11.3 Å². The van der Waals surface area contributed by atoms with Crippen LogP contribution in [0.3, 0.4) is 0 Å². The monoisotopic (exact) mass is 284 g/mol. The molecule has 20 heavy (non-hydrogen) atoms. The molecule has 0 amide bonds. The van der Waals surface area contributed by atoms with Crippen molar-refractivity contribution < 1.29 is 0 Å². The van der Waals surface area contributed by atoms with Crippen LogP contribution in [0.1, 0.15) is 16.1 Å². The zero-order chi connectivity index (χ0) is 14.1. The Balaban J connectivity index is 1.84. The standard InChI is InChI=1S/C15H16N4S/c1-10-11(2)20-15(17-10)18-16-8-12-9-19(3)14-7-5-4-6-13(12)14/h4-9H,1-3H3,(H,17,18)/b16-8-. The van der Waals surface area contributed by atoms with Gasteiger partial charge in [-0.3, -0.25) is 5.43 Å². The normalized spacial score (nSPS) is 11.6. The van der Waals surface area contributed by atoms with E-state index in [0.29, 0.717) is 0 Å². The molecule has 0 aliphatic rings. The van der Waals surface area contributed by atoms with Gasteiger partial charge >= 0.3 is 0 Å². The van der Waals surface area contributed by atoms with Gasteiger partial charge in [0.25, 0.3) is 0 Å². The van der Waals surface area contributed by atoms with E-state index in [-0.39, 0.29) is 0 Å². The van der Waals surface area contributed by atoms with Crippen molar-refractivity contribution in [3.63, 3.8) is 0 Å². The molecular formula is C15H16N4S. The second kappa shape index (κ2) is 5.09. The summed E-state index contributed by atoms with van der Waals surface area (Å²) in [6.45, 7) is 4.07. The van der Waals surface area contributed by atoms with E-state index in [9.17, 15) is 0 Å². The molecule has 2 heterocycles. The summed E-state index contributed by atoms with van der Waals surface area (Å²) in [5.41, 5.74) is 6.35. The van der Waals surface area contributed by atoms with E-state index in [1.54, 1.807) is 11.3 Å². The lowest BCUT2D eigenvalue weighted by Crippen LogP contribution is -1.89. The van der Waals surface area contributed by atoms with Gasteiger partial charge in [0, 0.05) is 34.6 Å². The molecule has 2 aromatic heterocycles. The number of hydrazone groups is 1. The molecule has 0 saturated carbocycles. The third-order valence-electron chi connectivity index (χ3n) is 3.32. The van der Waals surface area contributed by atoms with Crippen molar-refractivity contribution in [2.75, 3.05) is 5.43 Å². The molecular weight excluding hydrogens is 268 g/mol. The van der Waals surface area contributed by atoms with Gasteiger partial charge in [-0.05, 0) is 19.9 Å². The minimum Gasteiger partial charge on any atom is -0.350 e. The summed E-state index contributed by atoms with van der Waals surface area (Å²) in [4.78, 5) is 5.61. The van der Waals surface area contributed by atoms with Gasteiger partial charge in [0.1, 0.15) is 0 Å². The Bertz CT molecular complexity index is 763. The number of anilines is 1. The molecule has 0 bridgehead atoms. The van der Waals surface area contributed by atoms with Crippen molar-refractivity contribution in [3.8, 4) is 0 Å². The highest BCUT2D eigenvalue weighted by atomic mass is 32.1. The van der Waals surface area contributed by atoms with Gasteiger partial charge in [0.2, 0.25) is 5.13 Å². The molecule has 0 saturated heterocycles. The highest BCUT2D eigenvalue weighted by Crippen LogP contribution is 2.21. The third kappa shape index (κ3) is 2.32. The molecule has 0 atom stereocenters. The molecule has 5 heteroatoms. The number of thiazole rings is 1. The summed E-state index contributed by atoms with van der Waals surface area (Å²) in [6, 6.07) is 8.30. The first-order valence-corrected chi connectivity index (χ1v) is 7.24. The van der Waals surface area contributed by atoms with Crippen LogP contribution < -0.4 is 5.43 Å². The first kappa shape index (κ1) is 12.9. The van der Waals surface area contributed by atoms with Gasteiger partial charge in [0.05, 0.1) is 11.9 Å². The minimum absolute atomic E-state index is 0.830. The number of nitrogens with zero attached hydrogens (tertiary/aromatic N) is 3. The van der Waals surface area contributed by atoms with Gasteiger partial charge in [-0.2, -0.15) is 5.10 Å². The smallest absolute Gasteiger partial charge is 0.203 e. The molecule has 0 aliphatic carbocycles. The summed E-state index contributed by atoms with van der Waals surface area (Å²) in [6.07, 6.45) is 3.92. The van der Waals surface area contributed by atoms with Crippen LogP contribution in [0.4, 0.5) is 5.13 Å². The summed E-state index contributed by atoms with van der Waals surface area (Å²) in [5, 5.41) is 6.32. The average molecular weight is 284 g/mol. The Hall–Kier alpha value is -2.14. The van der Waals surface area contributed by atoms with Gasteiger partial charge in [-0.25, -0.2) is 4.98 Å². The fraction of sp³-hybridized carbons (Fsp3) is 0.200. The number of aryl methyl sites for hydroxylation is 3. The molecule has 3 rings (SSSR count). The predicted octanol–water partition coefficient (Wildman–Crippen LogP) is 3.70. The topological polar surface area (TPSA) is 42.2 Å². The highest BCUT2D eigenvalue weighted by molar-refractivity contribution is 7.15. The van der Waals surface area contributed by atoms with Crippen molar-refractivity contribution >= 4 is 33.6 Å². The Morgan fingerprint density at radius 1 is 1.30 bits per heavy atom. The molecule has 0 aliphatic heterocycles. The van der Waals surface area contributed by atoms with Crippen LogP contribution in [0.25, 0.3) is 10.9 Å². The van der Waals surface area contributed by atoms with Crippen LogP contribution >= 0.6 is 11.3 Å². The van der Waals surface area contributed by atoms with Crippen LogP contribution in [-0.2, 0) is 7.05 Å². The highest BCUT2D eigenvalue weighted by Gasteiger charge is 2.04. The summed E-state index contributed by atoms with van der Waals surface area (Å²) in [7, 11) is 2.04. The summed E-state index contributed by atoms with van der Waals surface area (Å²) >= 11 is 1.62. The molecule has 0 spiro atoms. The lowest BCUT2D eigenvalue weighted by molar-refractivity contribution is 0.968. The minimum atomic E-state index is 0.830. The number of fused-ring (bicyclic) bond motifs is 1. The van der Waals surface area contributed by atoms with E-state index >= 15 is 0 Å². The average Bonchev–Trinajstić information content (AvgIpc) is 2.92. The van der Waals surface area contributed by atoms with E-state index in [4.69, 9.17) is 0 Å². The van der Waals surface area contributed by atoms with Crippen molar-refractivity contribution in [1.82, 2.24) is 9.55 Å². The SMILES string of the molecule is Cc1nc(N/N=C\c2cn(C)c3ccccc23)sc1C. The molecule has 0 unspecified atom stereocenters. The fourth-order valence-corrected chi connectivity index (χ4v) is 2.92. The Morgan fingerprint density at radius 3 is 2.85 bits per heavy atom. The molecule has 3 aromatic rings. The zero-order valence-electron chi connectivity index (χ0n) is 11.7. The van der Waals surface area contributed by atoms with Crippen LogP contribution in [0.2, 0.25) is 0 Å². The Morgan fingerprint density at radius 2 is 2.10 bits per heavy atom. The number of para-hydroxylation sites is 1. The second-order valence-corrected chi connectivity index (χ2v) is 5.95. The largest absolute Gasteiger partial charge is 0.350 e.